The van der Waals surface area contributed by atoms with Gasteiger partial charge < -0.3 is 14.8 Å². The number of thiazole rings is 1. The summed E-state index contributed by atoms with van der Waals surface area (Å²) in [4.78, 5) is 54.1. The number of aromatic nitrogens is 1. The summed E-state index contributed by atoms with van der Waals surface area (Å²) in [5.41, 5.74) is 1.12. The third-order valence-electron chi connectivity index (χ3n) is 7.44. The van der Waals surface area contributed by atoms with Crippen molar-refractivity contribution in [1.29, 1.82) is 0 Å². The van der Waals surface area contributed by atoms with Crippen molar-refractivity contribution in [2.45, 2.75) is 13.0 Å². The van der Waals surface area contributed by atoms with Crippen LogP contribution in [0.15, 0.2) is 118 Å². The molecule has 4 aromatic carbocycles. The first-order chi connectivity index (χ1) is 23.1. The van der Waals surface area contributed by atoms with Gasteiger partial charge >= 0.3 is 5.69 Å². The fourth-order valence-corrected chi connectivity index (χ4v) is 6.30. The molecule has 6 rings (SSSR count). The van der Waals surface area contributed by atoms with Gasteiger partial charge in [0.2, 0.25) is 5.75 Å². The van der Waals surface area contributed by atoms with E-state index in [0.717, 1.165) is 29.5 Å². The maximum atomic E-state index is 14.1. The molecule has 1 aliphatic heterocycles. The lowest BCUT2D eigenvalue weighted by Gasteiger charge is -2.25. The second-order valence-electron chi connectivity index (χ2n) is 10.5. The van der Waals surface area contributed by atoms with Gasteiger partial charge in [-0.15, -0.1) is 0 Å². The molecule has 0 aliphatic carbocycles. The average molecular weight is 664 g/mol. The molecule has 0 bridgehead atoms. The summed E-state index contributed by atoms with van der Waals surface area (Å²) < 4.78 is 13.0. The molecular weight excluding hydrogens is 638 g/mol. The Kier molecular flexibility index (Phi) is 8.64. The van der Waals surface area contributed by atoms with E-state index in [-0.39, 0.29) is 17.1 Å². The van der Waals surface area contributed by atoms with Crippen molar-refractivity contribution in [2.24, 2.45) is 4.99 Å². The van der Waals surface area contributed by atoms with E-state index < -0.39 is 33.2 Å². The fraction of sp³-hybridized carbons (Fsp3) is 0.0882. The highest BCUT2D eigenvalue weighted by atomic mass is 32.1. The van der Waals surface area contributed by atoms with Gasteiger partial charge in [-0.3, -0.25) is 34.4 Å². The van der Waals surface area contributed by atoms with Gasteiger partial charge in [-0.1, -0.05) is 53.8 Å². The maximum absolute atomic E-state index is 14.1. The fourth-order valence-electron chi connectivity index (χ4n) is 5.25. The van der Waals surface area contributed by atoms with Crippen LogP contribution in [0.3, 0.4) is 0 Å². The van der Waals surface area contributed by atoms with E-state index in [2.05, 4.69) is 10.3 Å². The lowest BCUT2D eigenvalue weighted by atomic mass is 9.95. The molecule has 0 unspecified atom stereocenters. The zero-order chi connectivity index (χ0) is 33.9. The van der Waals surface area contributed by atoms with Crippen molar-refractivity contribution in [1.82, 2.24) is 4.57 Å². The Hall–Kier alpha value is -6.41. The lowest BCUT2D eigenvalue weighted by molar-refractivity contribution is -0.394. The maximum Gasteiger partial charge on any atom is 0.318 e. The van der Waals surface area contributed by atoms with E-state index in [0.29, 0.717) is 43.2 Å². The number of allylic oxidation sites excluding steroid dienone is 1. The summed E-state index contributed by atoms with van der Waals surface area (Å²) in [5.74, 6) is 0.169. The molecule has 1 atom stereocenters. The van der Waals surface area contributed by atoms with Crippen molar-refractivity contribution in [3.63, 3.8) is 0 Å². The Morgan fingerprint density at radius 3 is 2.42 bits per heavy atom. The first-order valence-corrected chi connectivity index (χ1v) is 15.2. The lowest BCUT2D eigenvalue weighted by Crippen LogP contribution is -2.40. The van der Waals surface area contributed by atoms with Crippen LogP contribution in [-0.2, 0) is 4.79 Å². The molecule has 0 saturated carbocycles. The average Bonchev–Trinajstić information content (AvgIpc) is 3.38. The molecule has 1 amide bonds. The minimum absolute atomic E-state index is 0.183. The summed E-state index contributed by atoms with van der Waals surface area (Å²) >= 11 is 1.14. The number of non-ortho nitro benzene ring substituents is 1. The third kappa shape index (κ3) is 6.32. The standard InChI is InChI=1S/C34H25N5O8S/c1-20-30(32(40)36-23-10-4-3-5-11-23)31(22-9-7-12-25(18-22)46-2)37-33(41)29(48-34(37)35-20)17-21-8-6-13-26(16-21)47-28-15-14-24(38(42)43)19-27(28)39(44)45/h3-19,31H,1-2H3,(H,36,40)/b29-17+/t31-/m0/s1. The van der Waals surface area contributed by atoms with Crippen LogP contribution >= 0.6 is 11.3 Å². The number of para-hydroxylation sites is 1. The minimum atomic E-state index is -0.820. The predicted octanol–water partition coefficient (Wildman–Crippen LogP) is 5.49. The van der Waals surface area contributed by atoms with Crippen molar-refractivity contribution in [3.8, 4) is 17.2 Å². The number of rotatable bonds is 9. The van der Waals surface area contributed by atoms with Gasteiger partial charge in [0.15, 0.2) is 4.80 Å². The van der Waals surface area contributed by atoms with E-state index in [1.807, 2.05) is 12.1 Å². The smallest absolute Gasteiger partial charge is 0.318 e. The summed E-state index contributed by atoms with van der Waals surface area (Å²) in [6.07, 6.45) is 1.63. The number of hydrogen-bond acceptors (Lipinski definition) is 10. The summed E-state index contributed by atoms with van der Waals surface area (Å²) in [6, 6.07) is 24.9. The van der Waals surface area contributed by atoms with Crippen LogP contribution in [0.4, 0.5) is 17.1 Å². The number of nitrogens with one attached hydrogen (secondary N) is 1. The number of ether oxygens (including phenoxy) is 2. The number of nitro groups is 2. The number of nitrogens with zero attached hydrogens (tertiary/aromatic N) is 4. The van der Waals surface area contributed by atoms with E-state index in [4.69, 9.17) is 9.47 Å². The first kappa shape index (κ1) is 31.6. The van der Waals surface area contributed by atoms with Crippen LogP contribution in [-0.4, -0.2) is 27.4 Å². The van der Waals surface area contributed by atoms with Gasteiger partial charge in [0, 0.05) is 11.8 Å². The van der Waals surface area contributed by atoms with E-state index in [9.17, 15) is 29.8 Å². The van der Waals surface area contributed by atoms with E-state index >= 15 is 0 Å². The molecule has 5 aromatic rings. The number of methoxy groups -OCH3 is 1. The second-order valence-corrected chi connectivity index (χ2v) is 11.5. The monoisotopic (exact) mass is 663 g/mol. The molecule has 1 aromatic heterocycles. The molecule has 240 valence electrons. The zero-order valence-electron chi connectivity index (χ0n) is 25.4. The number of fused-ring (bicyclic) bond motifs is 1. The number of nitro benzene ring substituents is 2. The topological polar surface area (TPSA) is 168 Å². The largest absolute Gasteiger partial charge is 0.497 e. The highest BCUT2D eigenvalue weighted by molar-refractivity contribution is 7.07. The van der Waals surface area contributed by atoms with Crippen LogP contribution in [0.25, 0.3) is 6.08 Å². The van der Waals surface area contributed by atoms with Crippen molar-refractivity contribution < 1.29 is 24.1 Å². The zero-order valence-corrected chi connectivity index (χ0v) is 26.2. The summed E-state index contributed by atoms with van der Waals surface area (Å²) in [6.45, 7) is 1.72. The molecule has 0 radical (unpaired) electrons. The molecule has 13 nitrogen and oxygen atoms in total. The predicted molar refractivity (Wildman–Crippen MR) is 178 cm³/mol. The third-order valence-corrected chi connectivity index (χ3v) is 8.42. The van der Waals surface area contributed by atoms with Crippen LogP contribution < -0.4 is 29.7 Å². The van der Waals surface area contributed by atoms with Crippen LogP contribution in [0, 0.1) is 20.2 Å². The number of hydrogen-bond donors (Lipinski definition) is 1. The Labute approximate surface area is 275 Å². The second kappa shape index (κ2) is 13.1. The Morgan fingerprint density at radius 1 is 0.938 bits per heavy atom. The normalized spacial score (nSPS) is 14.1. The van der Waals surface area contributed by atoms with Crippen molar-refractivity contribution >= 4 is 40.4 Å². The molecule has 0 fully saturated rings. The number of anilines is 1. The highest BCUT2D eigenvalue weighted by Crippen LogP contribution is 2.35. The highest BCUT2D eigenvalue weighted by Gasteiger charge is 2.33. The number of carbonyl (C=O) groups is 1. The quantitative estimate of drug-likeness (QED) is 0.160. The van der Waals surface area contributed by atoms with E-state index in [1.54, 1.807) is 79.7 Å². The number of carbonyl (C=O) groups excluding carboxylic acids is 1. The SMILES string of the molecule is COc1cccc([C@H]2C(C(=O)Nc3ccccc3)=C(C)N=c3s/c(=C/c4cccc(Oc5ccc([N+](=O)[O-])cc5[N+](=O)[O-])c4)c(=O)n32)c1. The van der Waals surface area contributed by atoms with E-state index in [1.165, 1.54) is 11.7 Å². The first-order valence-electron chi connectivity index (χ1n) is 14.4. The Balaban J connectivity index is 1.41. The molecule has 48 heavy (non-hydrogen) atoms. The van der Waals surface area contributed by atoms with Gasteiger partial charge in [0.05, 0.1) is 44.9 Å². The minimum Gasteiger partial charge on any atom is -0.497 e. The van der Waals surface area contributed by atoms with Crippen molar-refractivity contribution in [3.05, 3.63) is 159 Å². The summed E-state index contributed by atoms with van der Waals surface area (Å²) in [7, 11) is 1.53. The van der Waals surface area contributed by atoms with Gasteiger partial charge in [0.25, 0.3) is 17.2 Å². The number of amides is 1. The molecule has 2 heterocycles. The molecule has 0 saturated heterocycles. The van der Waals surface area contributed by atoms with Crippen LogP contribution in [0.5, 0.6) is 17.2 Å². The van der Waals surface area contributed by atoms with Crippen LogP contribution in [0.1, 0.15) is 24.1 Å². The van der Waals surface area contributed by atoms with Gasteiger partial charge in [0.1, 0.15) is 11.5 Å². The van der Waals surface area contributed by atoms with Gasteiger partial charge in [-0.05, 0) is 66.6 Å². The van der Waals surface area contributed by atoms with Gasteiger partial charge in [-0.25, -0.2) is 4.99 Å². The van der Waals surface area contributed by atoms with Crippen LogP contribution in [0.2, 0.25) is 0 Å². The number of benzene rings is 4. The molecular formula is C34H25N5O8S. The Bertz CT molecular complexity index is 2310. The molecule has 0 spiro atoms. The molecule has 1 aliphatic rings. The Morgan fingerprint density at radius 2 is 1.69 bits per heavy atom. The molecule has 14 heteroatoms. The molecule has 1 N–H and O–H groups in total. The van der Waals surface area contributed by atoms with Crippen molar-refractivity contribution in [2.75, 3.05) is 12.4 Å². The van der Waals surface area contributed by atoms with Gasteiger partial charge in [-0.2, -0.15) is 0 Å². The summed E-state index contributed by atoms with van der Waals surface area (Å²) in [5, 5.41) is 25.6.